The minimum absolute atomic E-state index is 0.290. The second-order valence-corrected chi connectivity index (χ2v) is 7.19. The third kappa shape index (κ3) is 6.20. The molecule has 132 valence electrons. The van der Waals surface area contributed by atoms with Gasteiger partial charge in [0.1, 0.15) is 11.0 Å². The smallest absolute Gasteiger partial charge is 0.252 e. The first-order valence-corrected chi connectivity index (χ1v) is 8.93. The third-order valence-electron chi connectivity index (χ3n) is 3.45. The summed E-state index contributed by atoms with van der Waals surface area (Å²) in [6.07, 6.45) is -0.734. The Balaban J connectivity index is 1.97. The van der Waals surface area contributed by atoms with E-state index in [2.05, 4.69) is 16.0 Å². The van der Waals surface area contributed by atoms with Crippen LogP contribution in [0.5, 0.6) is 0 Å². The molecule has 0 saturated carbocycles. The number of amides is 1. The minimum atomic E-state index is -0.882. The van der Waals surface area contributed by atoms with E-state index in [0.717, 1.165) is 16.8 Å². The number of benzene rings is 2. The quantitative estimate of drug-likeness (QED) is 0.404. The summed E-state index contributed by atoms with van der Waals surface area (Å²) in [4.78, 5) is 11.4. The van der Waals surface area contributed by atoms with Crippen LogP contribution in [-0.4, -0.2) is 22.0 Å². The number of carbonyl (C=O) groups is 1. The number of anilines is 1. The SMILES string of the molecule is Cc1ccc(NC(=S)N[C@H](NC(=O)c2ccc(C)cc2)C(Cl)Cl)cc1. The van der Waals surface area contributed by atoms with Crippen LogP contribution in [0.25, 0.3) is 0 Å². The van der Waals surface area contributed by atoms with E-state index < -0.39 is 11.0 Å². The molecule has 0 spiro atoms. The van der Waals surface area contributed by atoms with Gasteiger partial charge in [-0.25, -0.2) is 0 Å². The van der Waals surface area contributed by atoms with E-state index >= 15 is 0 Å². The van der Waals surface area contributed by atoms with Crippen LogP contribution >= 0.6 is 35.4 Å². The normalized spacial score (nSPS) is 11.7. The fraction of sp³-hybridized carbons (Fsp3) is 0.222. The Hall–Kier alpha value is -1.82. The van der Waals surface area contributed by atoms with Crippen LogP contribution in [-0.2, 0) is 0 Å². The summed E-state index contributed by atoms with van der Waals surface area (Å²) in [5.41, 5.74) is 3.56. The highest BCUT2D eigenvalue weighted by atomic mass is 35.5. The molecule has 25 heavy (non-hydrogen) atoms. The summed E-state index contributed by atoms with van der Waals surface area (Å²) in [6.45, 7) is 3.96. The maximum atomic E-state index is 12.3. The van der Waals surface area contributed by atoms with E-state index in [1.165, 1.54) is 0 Å². The monoisotopic (exact) mass is 395 g/mol. The maximum absolute atomic E-state index is 12.3. The third-order valence-corrected chi connectivity index (χ3v) is 4.17. The van der Waals surface area contributed by atoms with E-state index in [1.807, 2.05) is 50.2 Å². The van der Waals surface area contributed by atoms with Crippen molar-refractivity contribution in [2.45, 2.75) is 24.8 Å². The van der Waals surface area contributed by atoms with Gasteiger partial charge in [0.05, 0.1) is 0 Å². The lowest BCUT2D eigenvalue weighted by Gasteiger charge is -2.23. The molecule has 1 atom stereocenters. The van der Waals surface area contributed by atoms with Crippen LogP contribution in [0.15, 0.2) is 48.5 Å². The number of aryl methyl sites for hydroxylation is 2. The molecule has 2 aromatic rings. The van der Waals surface area contributed by atoms with Gasteiger partial charge in [-0.3, -0.25) is 4.79 Å². The number of rotatable bonds is 5. The van der Waals surface area contributed by atoms with Crippen molar-refractivity contribution in [3.05, 3.63) is 65.2 Å². The summed E-state index contributed by atoms with van der Waals surface area (Å²) < 4.78 is 0. The van der Waals surface area contributed by atoms with Crippen molar-refractivity contribution in [1.82, 2.24) is 10.6 Å². The van der Waals surface area contributed by atoms with Gasteiger partial charge >= 0.3 is 0 Å². The van der Waals surface area contributed by atoms with Crippen LogP contribution < -0.4 is 16.0 Å². The highest BCUT2D eigenvalue weighted by Crippen LogP contribution is 2.11. The number of alkyl halides is 2. The average molecular weight is 396 g/mol. The Morgan fingerprint density at radius 2 is 1.44 bits per heavy atom. The van der Waals surface area contributed by atoms with Crippen LogP contribution in [0.3, 0.4) is 0 Å². The van der Waals surface area contributed by atoms with E-state index in [9.17, 15) is 4.79 Å². The average Bonchev–Trinajstić information content (AvgIpc) is 2.56. The number of halogens is 2. The van der Waals surface area contributed by atoms with Gasteiger partial charge in [0.2, 0.25) is 0 Å². The largest absolute Gasteiger partial charge is 0.340 e. The summed E-state index contributed by atoms with van der Waals surface area (Å²) in [5, 5.41) is 8.99. The van der Waals surface area contributed by atoms with Crippen molar-refractivity contribution in [3.8, 4) is 0 Å². The molecular weight excluding hydrogens is 377 g/mol. The molecule has 0 aliphatic rings. The molecular formula is C18H19Cl2N3OS. The maximum Gasteiger partial charge on any atom is 0.252 e. The molecule has 7 heteroatoms. The van der Waals surface area contributed by atoms with Crippen molar-refractivity contribution < 1.29 is 4.79 Å². The number of thiocarbonyl (C=S) groups is 1. The second kappa shape index (κ2) is 9.04. The highest BCUT2D eigenvalue weighted by Gasteiger charge is 2.21. The number of nitrogens with one attached hydrogen (secondary N) is 3. The summed E-state index contributed by atoms with van der Waals surface area (Å²) in [6, 6.07) is 14.9. The fourth-order valence-electron chi connectivity index (χ4n) is 2.04. The molecule has 0 aromatic heterocycles. The summed E-state index contributed by atoms with van der Waals surface area (Å²) in [5.74, 6) is -0.290. The van der Waals surface area contributed by atoms with E-state index in [4.69, 9.17) is 35.4 Å². The molecule has 0 bridgehead atoms. The molecule has 2 rings (SSSR count). The molecule has 0 saturated heterocycles. The van der Waals surface area contributed by atoms with Gasteiger partial charge in [0.15, 0.2) is 5.11 Å². The topological polar surface area (TPSA) is 53.2 Å². The summed E-state index contributed by atoms with van der Waals surface area (Å²) in [7, 11) is 0. The van der Waals surface area contributed by atoms with Crippen molar-refractivity contribution in [2.24, 2.45) is 0 Å². The lowest BCUT2D eigenvalue weighted by molar-refractivity contribution is 0.0936. The highest BCUT2D eigenvalue weighted by molar-refractivity contribution is 7.80. The molecule has 1 amide bonds. The standard InChI is InChI=1S/C18H19Cl2N3OS/c1-11-3-7-13(8-4-11)17(24)22-16(15(19)20)23-18(25)21-14-9-5-12(2)6-10-14/h3-10,15-16H,1-2H3,(H,22,24)(H2,21,23,25)/t16-/m0/s1. The zero-order valence-electron chi connectivity index (χ0n) is 13.8. The van der Waals surface area contributed by atoms with Crippen LogP contribution in [0.1, 0.15) is 21.5 Å². The lowest BCUT2D eigenvalue weighted by atomic mass is 10.1. The van der Waals surface area contributed by atoms with Gasteiger partial charge in [-0.15, -0.1) is 23.2 Å². The zero-order valence-corrected chi connectivity index (χ0v) is 16.2. The van der Waals surface area contributed by atoms with Gasteiger partial charge in [0.25, 0.3) is 5.91 Å². The molecule has 4 nitrogen and oxygen atoms in total. The molecule has 0 unspecified atom stereocenters. The van der Waals surface area contributed by atoms with Crippen LogP contribution in [0.4, 0.5) is 5.69 Å². The van der Waals surface area contributed by atoms with Gasteiger partial charge < -0.3 is 16.0 Å². The Morgan fingerprint density at radius 1 is 0.920 bits per heavy atom. The van der Waals surface area contributed by atoms with Crippen molar-refractivity contribution in [2.75, 3.05) is 5.32 Å². The first-order chi connectivity index (χ1) is 11.8. The van der Waals surface area contributed by atoms with Crippen LogP contribution in [0, 0.1) is 13.8 Å². The van der Waals surface area contributed by atoms with Crippen LogP contribution in [0.2, 0.25) is 0 Å². The van der Waals surface area contributed by atoms with E-state index in [0.29, 0.717) is 10.7 Å². The first kappa shape index (κ1) is 19.5. The summed E-state index contributed by atoms with van der Waals surface area (Å²) >= 11 is 17.2. The van der Waals surface area contributed by atoms with Gasteiger partial charge in [-0.2, -0.15) is 0 Å². The zero-order chi connectivity index (χ0) is 18.4. The Bertz CT molecular complexity index is 733. The predicted molar refractivity (Wildman–Crippen MR) is 108 cm³/mol. The van der Waals surface area contributed by atoms with Gasteiger partial charge in [-0.1, -0.05) is 35.4 Å². The first-order valence-electron chi connectivity index (χ1n) is 7.65. The Morgan fingerprint density at radius 3 is 1.96 bits per heavy atom. The Kier molecular flexibility index (Phi) is 7.05. The van der Waals surface area contributed by atoms with Crippen molar-refractivity contribution >= 4 is 52.1 Å². The molecule has 0 heterocycles. The van der Waals surface area contributed by atoms with Crippen molar-refractivity contribution in [3.63, 3.8) is 0 Å². The predicted octanol–water partition coefficient (Wildman–Crippen LogP) is 4.15. The Labute approximate surface area is 162 Å². The number of hydrogen-bond acceptors (Lipinski definition) is 2. The molecule has 0 fully saturated rings. The van der Waals surface area contributed by atoms with E-state index in [1.54, 1.807) is 12.1 Å². The van der Waals surface area contributed by atoms with Gasteiger partial charge in [-0.05, 0) is 50.3 Å². The molecule has 0 aliphatic heterocycles. The number of hydrogen-bond donors (Lipinski definition) is 3. The molecule has 0 aliphatic carbocycles. The molecule has 3 N–H and O–H groups in total. The number of carbonyl (C=O) groups excluding carboxylic acids is 1. The molecule has 2 aromatic carbocycles. The van der Waals surface area contributed by atoms with Gasteiger partial charge in [0, 0.05) is 11.3 Å². The van der Waals surface area contributed by atoms with E-state index in [-0.39, 0.29) is 5.91 Å². The minimum Gasteiger partial charge on any atom is -0.340 e. The molecule has 0 radical (unpaired) electrons. The van der Waals surface area contributed by atoms with Crippen molar-refractivity contribution in [1.29, 1.82) is 0 Å². The lowest BCUT2D eigenvalue weighted by Crippen LogP contribution is -2.52. The fourth-order valence-corrected chi connectivity index (χ4v) is 2.53. The second-order valence-electron chi connectivity index (χ2n) is 5.62.